The number of hydrogen-bond acceptors (Lipinski definition) is 3. The molecule has 0 aromatic heterocycles. The van der Waals surface area contributed by atoms with Gasteiger partial charge in [-0.3, -0.25) is 0 Å². The molecule has 20 heavy (non-hydrogen) atoms. The molecule has 0 bridgehead atoms. The molecule has 4 nitrogen and oxygen atoms in total. The molecule has 0 saturated carbocycles. The summed E-state index contributed by atoms with van der Waals surface area (Å²) in [5.74, 6) is 1.22. The van der Waals surface area contributed by atoms with Crippen LogP contribution in [0, 0.1) is 0 Å². The number of benzene rings is 1. The maximum Gasteiger partial charge on any atom is 0.105 e. The Morgan fingerprint density at radius 2 is 1.85 bits per heavy atom. The van der Waals surface area contributed by atoms with Gasteiger partial charge in [0.1, 0.15) is 5.84 Å². The summed E-state index contributed by atoms with van der Waals surface area (Å²) in [5, 5.41) is 0. The van der Waals surface area contributed by atoms with Gasteiger partial charge in [-0.2, -0.15) is 0 Å². The summed E-state index contributed by atoms with van der Waals surface area (Å²) in [4.78, 5) is 9.61. The van der Waals surface area contributed by atoms with Crippen LogP contribution in [0.3, 0.4) is 0 Å². The fourth-order valence-corrected chi connectivity index (χ4v) is 2.86. The van der Waals surface area contributed by atoms with Gasteiger partial charge in [0, 0.05) is 33.1 Å². The molecular formula is C16H23N3O. The number of aliphatic imine (C=N–C) groups is 1. The first-order valence-electron chi connectivity index (χ1n) is 7.55. The highest BCUT2D eigenvalue weighted by Gasteiger charge is 2.16. The van der Waals surface area contributed by atoms with E-state index in [2.05, 4.69) is 41.1 Å². The number of likely N-dealkylation sites (tertiary alicyclic amines) is 1. The zero-order valence-corrected chi connectivity index (χ0v) is 12.2. The molecule has 3 rings (SSSR count). The third-order valence-corrected chi connectivity index (χ3v) is 4.07. The molecule has 2 saturated heterocycles. The molecule has 0 aliphatic carbocycles. The van der Waals surface area contributed by atoms with Crippen molar-refractivity contribution in [2.24, 2.45) is 4.99 Å². The minimum Gasteiger partial charge on any atom is -0.378 e. The minimum absolute atomic E-state index is 0.810. The first kappa shape index (κ1) is 13.4. The SMILES string of the molecule is CN1CCCC/C1=N\c1ccccc1N1CCOCC1. The van der Waals surface area contributed by atoms with E-state index >= 15 is 0 Å². The van der Waals surface area contributed by atoms with E-state index in [1.54, 1.807) is 0 Å². The number of amidine groups is 1. The first-order chi connectivity index (χ1) is 9.84. The number of anilines is 1. The molecule has 1 aromatic rings. The summed E-state index contributed by atoms with van der Waals surface area (Å²) in [6, 6.07) is 8.47. The zero-order valence-electron chi connectivity index (χ0n) is 12.2. The fourth-order valence-electron chi connectivity index (χ4n) is 2.86. The molecular weight excluding hydrogens is 250 g/mol. The lowest BCUT2D eigenvalue weighted by Gasteiger charge is -2.30. The van der Waals surface area contributed by atoms with Crippen LogP contribution in [-0.4, -0.2) is 50.6 Å². The Hall–Kier alpha value is -1.55. The molecule has 4 heteroatoms. The molecule has 2 fully saturated rings. The molecule has 108 valence electrons. The summed E-state index contributed by atoms with van der Waals surface area (Å²) in [6.45, 7) is 4.66. The Morgan fingerprint density at radius 3 is 2.65 bits per heavy atom. The lowest BCUT2D eigenvalue weighted by atomic mass is 10.1. The van der Waals surface area contributed by atoms with E-state index in [1.165, 1.54) is 24.4 Å². The summed E-state index contributed by atoms with van der Waals surface area (Å²) in [7, 11) is 2.15. The molecule has 2 aliphatic heterocycles. The van der Waals surface area contributed by atoms with Gasteiger partial charge >= 0.3 is 0 Å². The van der Waals surface area contributed by atoms with E-state index in [0.29, 0.717) is 0 Å². The van der Waals surface area contributed by atoms with Crippen LogP contribution in [0.2, 0.25) is 0 Å². The lowest BCUT2D eigenvalue weighted by molar-refractivity contribution is 0.123. The number of ether oxygens (including phenoxy) is 1. The predicted octanol–water partition coefficient (Wildman–Crippen LogP) is 2.67. The highest BCUT2D eigenvalue weighted by atomic mass is 16.5. The predicted molar refractivity (Wildman–Crippen MR) is 83.1 cm³/mol. The highest BCUT2D eigenvalue weighted by molar-refractivity contribution is 5.87. The maximum atomic E-state index is 5.44. The van der Waals surface area contributed by atoms with Crippen LogP contribution in [0.5, 0.6) is 0 Å². The van der Waals surface area contributed by atoms with Gasteiger partial charge in [-0.25, -0.2) is 4.99 Å². The van der Waals surface area contributed by atoms with Crippen molar-refractivity contribution < 1.29 is 4.74 Å². The van der Waals surface area contributed by atoms with Crippen molar-refractivity contribution in [3.05, 3.63) is 24.3 Å². The van der Waals surface area contributed by atoms with Crippen LogP contribution >= 0.6 is 0 Å². The van der Waals surface area contributed by atoms with Crippen molar-refractivity contribution in [3.63, 3.8) is 0 Å². The monoisotopic (exact) mass is 273 g/mol. The van der Waals surface area contributed by atoms with Gasteiger partial charge in [0.05, 0.1) is 24.6 Å². The summed E-state index contributed by atoms with van der Waals surface area (Å²) < 4.78 is 5.44. The van der Waals surface area contributed by atoms with Crippen molar-refractivity contribution in [1.82, 2.24) is 4.90 Å². The number of rotatable bonds is 2. The number of hydrogen-bond donors (Lipinski definition) is 0. The Morgan fingerprint density at radius 1 is 1.05 bits per heavy atom. The number of morpholine rings is 1. The number of piperidine rings is 1. The second kappa shape index (κ2) is 6.27. The molecule has 1 aromatic carbocycles. The normalized spacial score (nSPS) is 22.4. The first-order valence-corrected chi connectivity index (χ1v) is 7.55. The van der Waals surface area contributed by atoms with Crippen LogP contribution < -0.4 is 4.90 Å². The summed E-state index contributed by atoms with van der Waals surface area (Å²) in [5.41, 5.74) is 2.33. The molecule has 0 unspecified atom stereocenters. The molecule has 0 amide bonds. The molecule has 0 radical (unpaired) electrons. The van der Waals surface area contributed by atoms with Gasteiger partial charge in [0.2, 0.25) is 0 Å². The van der Waals surface area contributed by atoms with Crippen LogP contribution in [0.25, 0.3) is 0 Å². The smallest absolute Gasteiger partial charge is 0.105 e. The third-order valence-electron chi connectivity index (χ3n) is 4.07. The van der Waals surface area contributed by atoms with E-state index in [4.69, 9.17) is 9.73 Å². The van der Waals surface area contributed by atoms with Crippen LogP contribution in [-0.2, 0) is 4.74 Å². The van der Waals surface area contributed by atoms with Crippen molar-refractivity contribution in [1.29, 1.82) is 0 Å². The Bertz CT molecular complexity index is 480. The average Bonchev–Trinajstić information content (AvgIpc) is 2.51. The van der Waals surface area contributed by atoms with Crippen LogP contribution in [0.1, 0.15) is 19.3 Å². The number of para-hydroxylation sites is 2. The van der Waals surface area contributed by atoms with E-state index in [1.807, 2.05) is 0 Å². The topological polar surface area (TPSA) is 28.1 Å². The van der Waals surface area contributed by atoms with Crippen molar-refractivity contribution in [2.45, 2.75) is 19.3 Å². The van der Waals surface area contributed by atoms with Crippen molar-refractivity contribution in [3.8, 4) is 0 Å². The van der Waals surface area contributed by atoms with Gasteiger partial charge in [0.15, 0.2) is 0 Å². The summed E-state index contributed by atoms with van der Waals surface area (Å²) >= 11 is 0. The minimum atomic E-state index is 0.810. The fraction of sp³-hybridized carbons (Fsp3) is 0.562. The van der Waals surface area contributed by atoms with Gasteiger partial charge < -0.3 is 14.5 Å². The third kappa shape index (κ3) is 2.96. The van der Waals surface area contributed by atoms with Gasteiger partial charge in [0.25, 0.3) is 0 Å². The molecule has 2 aliphatic rings. The molecule has 0 atom stereocenters. The van der Waals surface area contributed by atoms with Crippen molar-refractivity contribution in [2.75, 3.05) is 44.8 Å². The second-order valence-corrected chi connectivity index (χ2v) is 5.49. The molecule has 0 spiro atoms. The van der Waals surface area contributed by atoms with Crippen LogP contribution in [0.15, 0.2) is 29.3 Å². The average molecular weight is 273 g/mol. The molecule has 2 heterocycles. The highest BCUT2D eigenvalue weighted by Crippen LogP contribution is 2.30. The standard InChI is InChI=1S/C16H23N3O/c1-18-9-5-4-8-16(18)17-14-6-2-3-7-15(14)19-10-12-20-13-11-19/h2-3,6-7H,4-5,8-13H2,1H3/b17-16+. The van der Waals surface area contributed by atoms with Gasteiger partial charge in [-0.1, -0.05) is 12.1 Å². The second-order valence-electron chi connectivity index (χ2n) is 5.49. The van der Waals surface area contributed by atoms with Gasteiger partial charge in [-0.05, 0) is 25.0 Å². The maximum absolute atomic E-state index is 5.44. The largest absolute Gasteiger partial charge is 0.378 e. The van der Waals surface area contributed by atoms with E-state index in [0.717, 1.165) is 45.0 Å². The number of nitrogens with zero attached hydrogens (tertiary/aromatic N) is 3. The van der Waals surface area contributed by atoms with Crippen LogP contribution in [0.4, 0.5) is 11.4 Å². The summed E-state index contributed by atoms with van der Waals surface area (Å²) in [6.07, 6.45) is 3.62. The Kier molecular flexibility index (Phi) is 4.21. The molecule has 0 N–H and O–H groups in total. The van der Waals surface area contributed by atoms with E-state index < -0.39 is 0 Å². The van der Waals surface area contributed by atoms with Gasteiger partial charge in [-0.15, -0.1) is 0 Å². The Labute approximate surface area is 121 Å². The van der Waals surface area contributed by atoms with E-state index in [9.17, 15) is 0 Å². The lowest BCUT2D eigenvalue weighted by Crippen LogP contribution is -2.36. The quantitative estimate of drug-likeness (QED) is 0.829. The van der Waals surface area contributed by atoms with Crippen molar-refractivity contribution >= 4 is 17.2 Å². The Balaban J connectivity index is 1.87. The van der Waals surface area contributed by atoms with E-state index in [-0.39, 0.29) is 0 Å². The zero-order chi connectivity index (χ0) is 13.8.